The minimum absolute atomic E-state index is 0.440. The first-order valence-electron chi connectivity index (χ1n) is 4.10. The third-order valence-corrected chi connectivity index (χ3v) is 2.17. The average Bonchev–Trinajstić information content (AvgIpc) is 2.18. The number of anilines is 1. The van der Waals surface area contributed by atoms with E-state index in [4.69, 9.17) is 17.3 Å². The molecule has 1 aromatic carbocycles. The average molecular weight is 206 g/mol. The second kappa shape index (κ2) is 3.64. The second-order valence-electron chi connectivity index (χ2n) is 2.81. The molecule has 0 aliphatic carbocycles. The molecule has 2 N–H and O–H groups in total. The highest BCUT2D eigenvalue weighted by Gasteiger charge is 2.03. The standard InChI is InChI=1S/C10H8ClN3/c11-8-4-2-1-3-7(8)9-5-10(12)14-6-13-9/h1-6H,(H2,12,13,14). The van der Waals surface area contributed by atoms with Crippen molar-refractivity contribution in [1.82, 2.24) is 9.97 Å². The van der Waals surface area contributed by atoms with Gasteiger partial charge in [-0.05, 0) is 6.07 Å². The van der Waals surface area contributed by atoms with E-state index in [9.17, 15) is 0 Å². The third kappa shape index (κ3) is 1.67. The predicted octanol–water partition coefficient (Wildman–Crippen LogP) is 2.38. The number of halogens is 1. The molecule has 0 amide bonds. The summed E-state index contributed by atoms with van der Waals surface area (Å²) >= 11 is 6.01. The van der Waals surface area contributed by atoms with Crippen molar-refractivity contribution < 1.29 is 0 Å². The van der Waals surface area contributed by atoms with Crippen LogP contribution in [0, 0.1) is 0 Å². The molecule has 1 heterocycles. The van der Waals surface area contributed by atoms with E-state index >= 15 is 0 Å². The van der Waals surface area contributed by atoms with Gasteiger partial charge < -0.3 is 5.73 Å². The Labute approximate surface area is 86.6 Å². The van der Waals surface area contributed by atoms with Crippen LogP contribution in [0.15, 0.2) is 36.7 Å². The number of nitrogens with zero attached hydrogens (tertiary/aromatic N) is 2. The topological polar surface area (TPSA) is 51.8 Å². The zero-order valence-electron chi connectivity index (χ0n) is 7.31. The lowest BCUT2D eigenvalue weighted by molar-refractivity contribution is 1.18. The first-order valence-corrected chi connectivity index (χ1v) is 4.47. The second-order valence-corrected chi connectivity index (χ2v) is 3.22. The van der Waals surface area contributed by atoms with Gasteiger partial charge in [0.15, 0.2) is 0 Å². The Bertz CT molecular complexity index is 457. The Morgan fingerprint density at radius 1 is 1.14 bits per heavy atom. The van der Waals surface area contributed by atoms with Crippen molar-refractivity contribution in [3.05, 3.63) is 41.7 Å². The predicted molar refractivity (Wildman–Crippen MR) is 56.9 cm³/mol. The lowest BCUT2D eigenvalue weighted by Gasteiger charge is -2.02. The van der Waals surface area contributed by atoms with Crippen molar-refractivity contribution in [3.8, 4) is 11.3 Å². The molecule has 0 atom stereocenters. The van der Waals surface area contributed by atoms with Crippen LogP contribution < -0.4 is 5.73 Å². The lowest BCUT2D eigenvalue weighted by atomic mass is 10.1. The molecule has 2 aromatic rings. The van der Waals surface area contributed by atoms with Crippen LogP contribution in [-0.4, -0.2) is 9.97 Å². The maximum atomic E-state index is 6.01. The summed E-state index contributed by atoms with van der Waals surface area (Å²) in [5.41, 5.74) is 7.15. The number of benzene rings is 1. The van der Waals surface area contributed by atoms with Gasteiger partial charge in [0, 0.05) is 16.7 Å². The molecule has 0 radical (unpaired) electrons. The largest absolute Gasteiger partial charge is 0.384 e. The van der Waals surface area contributed by atoms with Crippen LogP contribution in [0.1, 0.15) is 0 Å². The first-order chi connectivity index (χ1) is 6.77. The molecule has 0 spiro atoms. The lowest BCUT2D eigenvalue weighted by Crippen LogP contribution is -1.92. The Balaban J connectivity index is 2.55. The highest BCUT2D eigenvalue weighted by molar-refractivity contribution is 6.33. The van der Waals surface area contributed by atoms with Gasteiger partial charge >= 0.3 is 0 Å². The van der Waals surface area contributed by atoms with Crippen LogP contribution in [0.5, 0.6) is 0 Å². The number of nitrogens with two attached hydrogens (primary N) is 1. The fraction of sp³-hybridized carbons (Fsp3) is 0. The summed E-state index contributed by atoms with van der Waals surface area (Å²) in [6.45, 7) is 0. The molecule has 0 aliphatic rings. The SMILES string of the molecule is Nc1cc(-c2ccccc2Cl)ncn1. The van der Waals surface area contributed by atoms with Gasteiger partial charge in [0.1, 0.15) is 12.1 Å². The van der Waals surface area contributed by atoms with Crippen molar-refractivity contribution in [2.45, 2.75) is 0 Å². The Hall–Kier alpha value is -1.61. The maximum Gasteiger partial charge on any atom is 0.127 e. The summed E-state index contributed by atoms with van der Waals surface area (Å²) < 4.78 is 0. The zero-order chi connectivity index (χ0) is 9.97. The van der Waals surface area contributed by atoms with Gasteiger partial charge in [0.2, 0.25) is 0 Å². The summed E-state index contributed by atoms with van der Waals surface area (Å²) in [5.74, 6) is 0.440. The summed E-state index contributed by atoms with van der Waals surface area (Å²) in [7, 11) is 0. The molecular formula is C10H8ClN3. The number of aromatic nitrogens is 2. The van der Waals surface area contributed by atoms with Gasteiger partial charge in [0.25, 0.3) is 0 Å². The summed E-state index contributed by atoms with van der Waals surface area (Å²) in [6, 6.07) is 9.18. The van der Waals surface area contributed by atoms with Gasteiger partial charge in [-0.1, -0.05) is 29.8 Å². The normalized spacial score (nSPS) is 10.1. The van der Waals surface area contributed by atoms with Crippen LogP contribution in [0.25, 0.3) is 11.3 Å². The van der Waals surface area contributed by atoms with Crippen molar-refractivity contribution in [1.29, 1.82) is 0 Å². The molecule has 0 bridgehead atoms. The molecule has 0 aliphatic heterocycles. The quantitative estimate of drug-likeness (QED) is 0.778. The minimum Gasteiger partial charge on any atom is -0.384 e. The van der Waals surface area contributed by atoms with Crippen molar-refractivity contribution in [2.75, 3.05) is 5.73 Å². The number of rotatable bonds is 1. The smallest absolute Gasteiger partial charge is 0.127 e. The van der Waals surface area contributed by atoms with Crippen LogP contribution in [0.2, 0.25) is 5.02 Å². The van der Waals surface area contributed by atoms with E-state index < -0.39 is 0 Å². The molecule has 0 saturated carbocycles. The molecule has 0 fully saturated rings. The van der Waals surface area contributed by atoms with Gasteiger partial charge in [-0.2, -0.15) is 0 Å². The number of nitrogen functional groups attached to an aromatic ring is 1. The third-order valence-electron chi connectivity index (χ3n) is 1.84. The molecule has 0 unspecified atom stereocenters. The van der Waals surface area contributed by atoms with E-state index in [1.54, 1.807) is 6.07 Å². The molecule has 1 aromatic heterocycles. The van der Waals surface area contributed by atoms with E-state index in [2.05, 4.69) is 9.97 Å². The van der Waals surface area contributed by atoms with E-state index in [1.165, 1.54) is 6.33 Å². The summed E-state index contributed by atoms with van der Waals surface area (Å²) in [5, 5.41) is 0.658. The van der Waals surface area contributed by atoms with Gasteiger partial charge in [-0.3, -0.25) is 0 Å². The fourth-order valence-corrected chi connectivity index (χ4v) is 1.42. The molecule has 70 valence electrons. The van der Waals surface area contributed by atoms with E-state index in [1.807, 2.05) is 24.3 Å². The van der Waals surface area contributed by atoms with Gasteiger partial charge in [-0.25, -0.2) is 9.97 Å². The minimum atomic E-state index is 0.440. The van der Waals surface area contributed by atoms with Crippen molar-refractivity contribution in [3.63, 3.8) is 0 Å². The van der Waals surface area contributed by atoms with Gasteiger partial charge in [0.05, 0.1) is 5.69 Å². The van der Waals surface area contributed by atoms with Crippen molar-refractivity contribution in [2.24, 2.45) is 0 Å². The Kier molecular flexibility index (Phi) is 2.33. The van der Waals surface area contributed by atoms with Crippen molar-refractivity contribution >= 4 is 17.4 Å². The number of hydrogen-bond donors (Lipinski definition) is 1. The van der Waals surface area contributed by atoms with E-state index in [0.717, 1.165) is 11.3 Å². The molecule has 4 heteroatoms. The Morgan fingerprint density at radius 2 is 1.93 bits per heavy atom. The maximum absolute atomic E-state index is 6.01. The Morgan fingerprint density at radius 3 is 2.64 bits per heavy atom. The van der Waals surface area contributed by atoms with Crippen LogP contribution in [-0.2, 0) is 0 Å². The highest BCUT2D eigenvalue weighted by atomic mass is 35.5. The van der Waals surface area contributed by atoms with Crippen LogP contribution in [0.4, 0.5) is 5.82 Å². The monoisotopic (exact) mass is 205 g/mol. The molecular weight excluding hydrogens is 198 g/mol. The highest BCUT2D eigenvalue weighted by Crippen LogP contribution is 2.25. The summed E-state index contributed by atoms with van der Waals surface area (Å²) in [6.07, 6.45) is 1.42. The first kappa shape index (κ1) is 8.97. The van der Waals surface area contributed by atoms with Crippen LogP contribution in [0.3, 0.4) is 0 Å². The zero-order valence-corrected chi connectivity index (χ0v) is 8.07. The molecule has 3 nitrogen and oxygen atoms in total. The summed E-state index contributed by atoms with van der Waals surface area (Å²) in [4.78, 5) is 7.91. The van der Waals surface area contributed by atoms with E-state index in [0.29, 0.717) is 10.8 Å². The number of hydrogen-bond acceptors (Lipinski definition) is 3. The van der Waals surface area contributed by atoms with Gasteiger partial charge in [-0.15, -0.1) is 0 Å². The molecule has 14 heavy (non-hydrogen) atoms. The fourth-order valence-electron chi connectivity index (χ4n) is 1.19. The molecule has 0 saturated heterocycles. The van der Waals surface area contributed by atoms with Crippen LogP contribution >= 0.6 is 11.6 Å². The molecule has 2 rings (SSSR count). The van der Waals surface area contributed by atoms with E-state index in [-0.39, 0.29) is 0 Å².